The lowest BCUT2D eigenvalue weighted by atomic mass is 9.93. The minimum absolute atomic E-state index is 0.234. The SMILES string of the molecule is Cc1cc(Cl)ccc1NC(=O)c1oc2c(c1C)/C(=N/NC(N)=O)CCC2. The Morgan fingerprint density at radius 3 is 2.73 bits per heavy atom. The van der Waals surface area contributed by atoms with Gasteiger partial charge in [-0.25, -0.2) is 10.2 Å². The maximum Gasteiger partial charge on any atom is 0.332 e. The molecule has 0 saturated carbocycles. The summed E-state index contributed by atoms with van der Waals surface area (Å²) in [6.45, 7) is 3.67. The van der Waals surface area contributed by atoms with Crippen LogP contribution in [0.25, 0.3) is 0 Å². The quantitative estimate of drug-likeness (QED) is 0.715. The number of halogens is 1. The van der Waals surface area contributed by atoms with Gasteiger partial charge in [-0.15, -0.1) is 0 Å². The van der Waals surface area contributed by atoms with Crippen molar-refractivity contribution in [2.45, 2.75) is 33.1 Å². The molecule has 0 spiro atoms. The molecule has 7 nitrogen and oxygen atoms in total. The van der Waals surface area contributed by atoms with Crippen molar-refractivity contribution in [3.05, 3.63) is 51.4 Å². The summed E-state index contributed by atoms with van der Waals surface area (Å²) in [6, 6.07) is 4.50. The number of nitrogens with two attached hydrogens (primary N) is 1. The molecule has 4 N–H and O–H groups in total. The van der Waals surface area contributed by atoms with Gasteiger partial charge in [-0.05, 0) is 50.5 Å². The monoisotopic (exact) mass is 374 g/mol. The maximum atomic E-state index is 12.7. The van der Waals surface area contributed by atoms with E-state index in [0.29, 0.717) is 40.6 Å². The number of primary amides is 1. The predicted molar refractivity (Wildman–Crippen MR) is 99.8 cm³/mol. The van der Waals surface area contributed by atoms with E-state index in [9.17, 15) is 9.59 Å². The number of hydrogen-bond acceptors (Lipinski definition) is 4. The molecule has 0 fully saturated rings. The summed E-state index contributed by atoms with van der Waals surface area (Å²) in [5, 5.41) is 7.50. The molecular weight excluding hydrogens is 356 g/mol. The number of rotatable bonds is 3. The second-order valence-corrected chi connectivity index (χ2v) is 6.59. The lowest BCUT2D eigenvalue weighted by Gasteiger charge is -2.13. The van der Waals surface area contributed by atoms with E-state index in [2.05, 4.69) is 15.8 Å². The zero-order valence-corrected chi connectivity index (χ0v) is 15.2. The van der Waals surface area contributed by atoms with Gasteiger partial charge >= 0.3 is 6.03 Å². The minimum Gasteiger partial charge on any atom is -0.455 e. The van der Waals surface area contributed by atoms with Crippen LogP contribution in [0.5, 0.6) is 0 Å². The highest BCUT2D eigenvalue weighted by molar-refractivity contribution is 6.30. The number of fused-ring (bicyclic) bond motifs is 1. The summed E-state index contributed by atoms with van der Waals surface area (Å²) >= 11 is 5.95. The van der Waals surface area contributed by atoms with Gasteiger partial charge in [0.05, 0.1) is 5.71 Å². The van der Waals surface area contributed by atoms with E-state index >= 15 is 0 Å². The molecule has 0 unspecified atom stereocenters. The number of hydrogen-bond donors (Lipinski definition) is 3. The fourth-order valence-corrected chi connectivity index (χ4v) is 3.29. The number of aryl methyl sites for hydroxylation is 2. The third kappa shape index (κ3) is 3.57. The van der Waals surface area contributed by atoms with E-state index in [4.69, 9.17) is 21.8 Å². The first-order chi connectivity index (χ1) is 12.4. The zero-order valence-electron chi connectivity index (χ0n) is 14.5. The van der Waals surface area contributed by atoms with Crippen LogP contribution in [-0.2, 0) is 6.42 Å². The molecule has 3 amide bonds. The van der Waals surface area contributed by atoms with Crippen molar-refractivity contribution >= 4 is 34.9 Å². The van der Waals surface area contributed by atoms with Gasteiger partial charge in [-0.1, -0.05) is 11.6 Å². The van der Waals surface area contributed by atoms with Gasteiger partial charge in [0.25, 0.3) is 5.91 Å². The van der Waals surface area contributed by atoms with E-state index in [-0.39, 0.29) is 11.7 Å². The van der Waals surface area contributed by atoms with Crippen molar-refractivity contribution < 1.29 is 14.0 Å². The average Bonchev–Trinajstić information content (AvgIpc) is 2.93. The molecule has 0 aliphatic heterocycles. The van der Waals surface area contributed by atoms with Crippen LogP contribution in [0, 0.1) is 13.8 Å². The van der Waals surface area contributed by atoms with E-state index in [1.807, 2.05) is 6.92 Å². The van der Waals surface area contributed by atoms with Crippen molar-refractivity contribution in [2.24, 2.45) is 10.8 Å². The molecular formula is C18H19ClN4O3. The van der Waals surface area contributed by atoms with Gasteiger partial charge < -0.3 is 15.5 Å². The Morgan fingerprint density at radius 1 is 1.27 bits per heavy atom. The van der Waals surface area contributed by atoms with Crippen molar-refractivity contribution in [1.29, 1.82) is 0 Å². The summed E-state index contributed by atoms with van der Waals surface area (Å²) in [5.41, 5.74) is 11.0. The molecule has 3 rings (SSSR count). The molecule has 1 aromatic carbocycles. The highest BCUT2D eigenvalue weighted by Crippen LogP contribution is 2.30. The molecule has 1 aromatic heterocycles. The molecule has 2 aromatic rings. The molecule has 0 radical (unpaired) electrons. The number of nitrogens with zero attached hydrogens (tertiary/aromatic N) is 1. The Kier molecular flexibility index (Phi) is 4.99. The Bertz CT molecular complexity index is 917. The number of benzene rings is 1. The molecule has 0 bridgehead atoms. The molecule has 1 aliphatic carbocycles. The minimum atomic E-state index is -0.734. The van der Waals surface area contributed by atoms with Crippen LogP contribution in [0.3, 0.4) is 0 Å². The van der Waals surface area contributed by atoms with E-state index < -0.39 is 6.03 Å². The highest BCUT2D eigenvalue weighted by atomic mass is 35.5. The summed E-state index contributed by atoms with van der Waals surface area (Å²) in [7, 11) is 0. The van der Waals surface area contributed by atoms with Gasteiger partial charge in [0.1, 0.15) is 5.76 Å². The largest absolute Gasteiger partial charge is 0.455 e. The van der Waals surface area contributed by atoms with Crippen LogP contribution in [0.1, 0.15) is 45.8 Å². The number of anilines is 1. The fourth-order valence-electron chi connectivity index (χ4n) is 3.07. The van der Waals surface area contributed by atoms with Crippen LogP contribution < -0.4 is 16.5 Å². The molecule has 0 saturated heterocycles. The highest BCUT2D eigenvalue weighted by Gasteiger charge is 2.28. The third-order valence-electron chi connectivity index (χ3n) is 4.27. The number of hydrazone groups is 1. The number of carbonyl (C=O) groups is 2. The summed E-state index contributed by atoms with van der Waals surface area (Å²) in [5.74, 6) is 0.583. The normalized spacial score (nSPS) is 14.8. The smallest absolute Gasteiger partial charge is 0.332 e. The number of carbonyl (C=O) groups excluding carboxylic acids is 2. The first-order valence-electron chi connectivity index (χ1n) is 8.19. The summed E-state index contributed by atoms with van der Waals surface area (Å²) in [4.78, 5) is 23.6. The van der Waals surface area contributed by atoms with Gasteiger partial charge in [-0.2, -0.15) is 5.10 Å². The first kappa shape index (κ1) is 18.0. The van der Waals surface area contributed by atoms with Gasteiger partial charge in [0.2, 0.25) is 0 Å². The Labute approximate surface area is 155 Å². The summed E-state index contributed by atoms with van der Waals surface area (Å²) in [6.07, 6.45) is 2.20. The molecule has 136 valence electrons. The van der Waals surface area contributed by atoms with Gasteiger partial charge in [-0.3, -0.25) is 4.79 Å². The number of amides is 3. The molecule has 26 heavy (non-hydrogen) atoms. The average molecular weight is 375 g/mol. The second kappa shape index (κ2) is 7.21. The van der Waals surface area contributed by atoms with Gasteiger partial charge in [0, 0.05) is 28.3 Å². The number of furan rings is 1. The van der Waals surface area contributed by atoms with Crippen LogP contribution in [0.2, 0.25) is 5.02 Å². The van der Waals surface area contributed by atoms with Gasteiger partial charge in [0.15, 0.2) is 5.76 Å². The Morgan fingerprint density at radius 2 is 2.04 bits per heavy atom. The van der Waals surface area contributed by atoms with Crippen molar-refractivity contribution in [3.8, 4) is 0 Å². The van der Waals surface area contributed by atoms with Crippen molar-refractivity contribution in [2.75, 3.05) is 5.32 Å². The van der Waals surface area contributed by atoms with E-state index in [0.717, 1.165) is 17.5 Å². The van der Waals surface area contributed by atoms with Crippen LogP contribution in [0.15, 0.2) is 27.7 Å². The van der Waals surface area contributed by atoms with E-state index in [1.54, 1.807) is 25.1 Å². The molecule has 0 atom stereocenters. The van der Waals surface area contributed by atoms with Crippen molar-refractivity contribution in [1.82, 2.24) is 5.43 Å². The number of nitrogens with one attached hydrogen (secondary N) is 2. The number of urea groups is 1. The first-order valence-corrected chi connectivity index (χ1v) is 8.56. The fraction of sp³-hybridized carbons (Fsp3) is 0.278. The van der Waals surface area contributed by atoms with E-state index in [1.165, 1.54) is 0 Å². The van der Waals surface area contributed by atoms with Crippen LogP contribution >= 0.6 is 11.6 Å². The third-order valence-corrected chi connectivity index (χ3v) is 4.50. The van der Waals surface area contributed by atoms with Crippen LogP contribution in [0.4, 0.5) is 10.5 Å². The lowest BCUT2D eigenvalue weighted by molar-refractivity contribution is 0.0994. The molecule has 8 heteroatoms. The zero-order chi connectivity index (χ0) is 18.8. The lowest BCUT2D eigenvalue weighted by Crippen LogP contribution is -2.27. The standard InChI is InChI=1S/C18H19ClN4O3/c1-9-8-11(19)6-7-12(9)21-17(24)16-10(2)15-13(22-23-18(20)25)4-3-5-14(15)26-16/h6-8H,3-5H2,1-2H3,(H,21,24)(H3,20,23,25)/b22-13+. The maximum absolute atomic E-state index is 12.7. The predicted octanol–water partition coefficient (Wildman–Crippen LogP) is 3.51. The summed E-state index contributed by atoms with van der Waals surface area (Å²) < 4.78 is 5.81. The Hall–Kier alpha value is -2.80. The second-order valence-electron chi connectivity index (χ2n) is 6.16. The Balaban J connectivity index is 1.91. The topological polar surface area (TPSA) is 110 Å². The van der Waals surface area contributed by atoms with Crippen molar-refractivity contribution in [3.63, 3.8) is 0 Å². The van der Waals surface area contributed by atoms with Crippen LogP contribution in [-0.4, -0.2) is 17.6 Å². The molecule has 1 aliphatic rings. The molecule has 1 heterocycles.